The minimum atomic E-state index is -0.288. The van der Waals surface area contributed by atoms with E-state index in [1.807, 2.05) is 67.6 Å². The van der Waals surface area contributed by atoms with Crippen molar-refractivity contribution in [1.29, 1.82) is 0 Å². The first-order valence-electron chi connectivity index (χ1n) is 9.09. The van der Waals surface area contributed by atoms with Crippen molar-refractivity contribution in [3.63, 3.8) is 0 Å². The minimum absolute atomic E-state index is 0.0917. The van der Waals surface area contributed by atoms with Crippen LogP contribution in [-0.2, 0) is 11.4 Å². The normalized spacial score (nSPS) is 10.7. The van der Waals surface area contributed by atoms with Gasteiger partial charge in [0.15, 0.2) is 11.6 Å². The van der Waals surface area contributed by atoms with E-state index in [2.05, 4.69) is 21.6 Å². The quantitative estimate of drug-likeness (QED) is 0.487. The van der Waals surface area contributed by atoms with Gasteiger partial charge in [-0.25, -0.2) is 0 Å². The molecule has 6 nitrogen and oxygen atoms in total. The first kappa shape index (κ1) is 18.9. The maximum atomic E-state index is 12.0. The second-order valence-corrected chi connectivity index (χ2v) is 7.51. The molecule has 0 atom stereocenters. The second kappa shape index (κ2) is 8.70. The van der Waals surface area contributed by atoms with E-state index < -0.39 is 0 Å². The predicted molar refractivity (Wildman–Crippen MR) is 113 cm³/mol. The van der Waals surface area contributed by atoms with Gasteiger partial charge < -0.3 is 9.47 Å². The van der Waals surface area contributed by atoms with Gasteiger partial charge in [-0.15, -0.1) is 10.2 Å². The van der Waals surface area contributed by atoms with Crippen molar-refractivity contribution in [2.24, 2.45) is 0 Å². The summed E-state index contributed by atoms with van der Waals surface area (Å²) in [5, 5.41) is 14.1. The molecule has 1 aromatic heterocycles. The van der Waals surface area contributed by atoms with E-state index >= 15 is 0 Å². The van der Waals surface area contributed by atoms with Crippen LogP contribution in [-0.4, -0.2) is 22.7 Å². The molecule has 3 aromatic carbocycles. The molecule has 0 aliphatic rings. The lowest BCUT2D eigenvalue weighted by atomic mass is 10.1. The SMILES string of the molecule is Cc1ccc(OCC(=O)Nc2nnc(COc3ccc4ccccc4c3)s2)cc1. The number of nitrogens with zero attached hydrogens (tertiary/aromatic N) is 2. The van der Waals surface area contributed by atoms with Gasteiger partial charge in [0.25, 0.3) is 5.91 Å². The molecule has 4 rings (SSSR count). The van der Waals surface area contributed by atoms with E-state index in [4.69, 9.17) is 9.47 Å². The van der Waals surface area contributed by atoms with Gasteiger partial charge in [-0.2, -0.15) is 0 Å². The van der Waals surface area contributed by atoms with Crippen LogP contribution in [0, 0.1) is 6.92 Å². The molecule has 0 aliphatic heterocycles. The van der Waals surface area contributed by atoms with Gasteiger partial charge in [-0.1, -0.05) is 59.4 Å². The summed E-state index contributed by atoms with van der Waals surface area (Å²) in [5.74, 6) is 1.12. The molecular weight excluding hydrogens is 386 g/mol. The molecule has 146 valence electrons. The third-order valence-electron chi connectivity index (χ3n) is 4.19. The Labute approximate surface area is 172 Å². The van der Waals surface area contributed by atoms with E-state index in [-0.39, 0.29) is 19.1 Å². The fraction of sp³-hybridized carbons (Fsp3) is 0.136. The third kappa shape index (κ3) is 5.08. The van der Waals surface area contributed by atoms with Crippen LogP contribution in [0.1, 0.15) is 10.6 Å². The number of fused-ring (bicyclic) bond motifs is 1. The Morgan fingerprint density at radius 3 is 2.52 bits per heavy atom. The molecule has 1 N–H and O–H groups in total. The highest BCUT2D eigenvalue weighted by Gasteiger charge is 2.10. The van der Waals surface area contributed by atoms with E-state index in [9.17, 15) is 4.79 Å². The zero-order chi connectivity index (χ0) is 20.1. The van der Waals surface area contributed by atoms with Crippen LogP contribution < -0.4 is 14.8 Å². The number of rotatable bonds is 7. The Morgan fingerprint density at radius 2 is 1.69 bits per heavy atom. The molecule has 0 radical (unpaired) electrons. The van der Waals surface area contributed by atoms with Crippen molar-refractivity contribution in [3.8, 4) is 11.5 Å². The molecule has 7 heteroatoms. The summed E-state index contributed by atoms with van der Waals surface area (Å²) in [6, 6.07) is 21.5. The molecular formula is C22H19N3O3S. The molecule has 0 aliphatic carbocycles. The molecule has 1 amide bonds. The average molecular weight is 405 g/mol. The molecule has 0 spiro atoms. The van der Waals surface area contributed by atoms with Crippen LogP contribution in [0.25, 0.3) is 10.8 Å². The van der Waals surface area contributed by atoms with E-state index in [0.717, 1.165) is 22.1 Å². The van der Waals surface area contributed by atoms with Crippen molar-refractivity contribution in [2.75, 3.05) is 11.9 Å². The van der Waals surface area contributed by atoms with Crippen LogP contribution in [0.4, 0.5) is 5.13 Å². The number of hydrogen-bond acceptors (Lipinski definition) is 6. The fourth-order valence-corrected chi connectivity index (χ4v) is 3.37. The van der Waals surface area contributed by atoms with E-state index in [0.29, 0.717) is 15.9 Å². The lowest BCUT2D eigenvalue weighted by molar-refractivity contribution is -0.118. The third-order valence-corrected chi connectivity index (χ3v) is 5.00. The lowest BCUT2D eigenvalue weighted by Crippen LogP contribution is -2.20. The average Bonchev–Trinajstić information content (AvgIpc) is 3.19. The zero-order valence-corrected chi connectivity index (χ0v) is 16.6. The molecule has 0 saturated carbocycles. The smallest absolute Gasteiger partial charge is 0.264 e. The Kier molecular flexibility index (Phi) is 5.67. The summed E-state index contributed by atoms with van der Waals surface area (Å²) in [6.45, 7) is 2.19. The summed E-state index contributed by atoms with van der Waals surface area (Å²) in [7, 11) is 0. The van der Waals surface area contributed by atoms with Gasteiger partial charge >= 0.3 is 0 Å². The van der Waals surface area contributed by atoms with Crippen molar-refractivity contribution in [2.45, 2.75) is 13.5 Å². The van der Waals surface area contributed by atoms with Gasteiger partial charge in [-0.05, 0) is 42.0 Å². The Morgan fingerprint density at radius 1 is 0.931 bits per heavy atom. The number of carbonyl (C=O) groups excluding carboxylic acids is 1. The highest BCUT2D eigenvalue weighted by molar-refractivity contribution is 7.15. The van der Waals surface area contributed by atoms with Crippen LogP contribution in [0.15, 0.2) is 66.7 Å². The number of aromatic nitrogens is 2. The molecule has 0 saturated heterocycles. The number of hydrogen-bond donors (Lipinski definition) is 1. The summed E-state index contributed by atoms with van der Waals surface area (Å²) in [6.07, 6.45) is 0. The highest BCUT2D eigenvalue weighted by atomic mass is 32.1. The maximum Gasteiger partial charge on any atom is 0.264 e. The molecule has 1 heterocycles. The number of nitrogens with one attached hydrogen (secondary N) is 1. The van der Waals surface area contributed by atoms with Crippen LogP contribution in [0.5, 0.6) is 11.5 Å². The Bertz CT molecular complexity index is 1130. The molecule has 4 aromatic rings. The van der Waals surface area contributed by atoms with Gasteiger partial charge in [0.05, 0.1) is 0 Å². The molecule has 0 fully saturated rings. The van der Waals surface area contributed by atoms with E-state index in [1.54, 1.807) is 0 Å². The van der Waals surface area contributed by atoms with Crippen molar-refractivity contribution in [1.82, 2.24) is 10.2 Å². The van der Waals surface area contributed by atoms with Gasteiger partial charge in [0, 0.05) is 0 Å². The number of amides is 1. The van der Waals surface area contributed by atoms with Crippen LogP contribution in [0.3, 0.4) is 0 Å². The molecule has 0 bridgehead atoms. The van der Waals surface area contributed by atoms with E-state index in [1.165, 1.54) is 11.3 Å². The highest BCUT2D eigenvalue weighted by Crippen LogP contribution is 2.23. The minimum Gasteiger partial charge on any atom is -0.486 e. The number of carbonyl (C=O) groups is 1. The largest absolute Gasteiger partial charge is 0.486 e. The summed E-state index contributed by atoms with van der Waals surface area (Å²) in [5.41, 5.74) is 1.13. The van der Waals surface area contributed by atoms with Gasteiger partial charge in [-0.3, -0.25) is 10.1 Å². The maximum absolute atomic E-state index is 12.0. The first-order valence-corrected chi connectivity index (χ1v) is 9.91. The number of benzene rings is 3. The van der Waals surface area contributed by atoms with Crippen molar-refractivity contribution < 1.29 is 14.3 Å². The number of ether oxygens (including phenoxy) is 2. The molecule has 0 unspecified atom stereocenters. The monoisotopic (exact) mass is 405 g/mol. The fourth-order valence-electron chi connectivity index (χ4n) is 2.70. The van der Waals surface area contributed by atoms with Gasteiger partial charge in [0.1, 0.15) is 18.1 Å². The predicted octanol–water partition coefficient (Wildman–Crippen LogP) is 4.60. The van der Waals surface area contributed by atoms with Crippen LogP contribution >= 0.6 is 11.3 Å². The van der Waals surface area contributed by atoms with Crippen molar-refractivity contribution >= 4 is 33.1 Å². The van der Waals surface area contributed by atoms with Crippen LogP contribution in [0.2, 0.25) is 0 Å². The first-order chi connectivity index (χ1) is 14.2. The standard InChI is InChI=1S/C22H19N3O3S/c1-15-6-9-18(10-7-15)27-13-20(26)23-22-25-24-21(29-22)14-28-19-11-8-16-4-2-3-5-17(16)12-19/h2-12H,13-14H2,1H3,(H,23,25,26). The topological polar surface area (TPSA) is 73.3 Å². The summed E-state index contributed by atoms with van der Waals surface area (Å²) in [4.78, 5) is 12.0. The lowest BCUT2D eigenvalue weighted by Gasteiger charge is -2.06. The second-order valence-electron chi connectivity index (χ2n) is 6.45. The number of anilines is 1. The number of aryl methyl sites for hydroxylation is 1. The zero-order valence-electron chi connectivity index (χ0n) is 15.8. The van der Waals surface area contributed by atoms with Gasteiger partial charge in [0.2, 0.25) is 5.13 Å². The Balaban J connectivity index is 1.28. The Hall–Kier alpha value is -3.45. The van der Waals surface area contributed by atoms with Crippen molar-refractivity contribution in [3.05, 3.63) is 77.3 Å². The summed E-state index contributed by atoms with van der Waals surface area (Å²) < 4.78 is 11.3. The molecule has 29 heavy (non-hydrogen) atoms. The summed E-state index contributed by atoms with van der Waals surface area (Å²) >= 11 is 1.27.